The highest BCUT2D eigenvalue weighted by Gasteiger charge is 2.34. The second-order valence-corrected chi connectivity index (χ2v) is 9.17. The molecule has 0 aliphatic heterocycles. The molecule has 3 aromatic carbocycles. The van der Waals surface area contributed by atoms with Crippen molar-refractivity contribution in [3.8, 4) is 16.9 Å². The Morgan fingerprint density at radius 1 is 0.886 bits per heavy atom. The summed E-state index contributed by atoms with van der Waals surface area (Å²) in [6.07, 6.45) is -5.26. The maximum absolute atomic E-state index is 13.2. The first-order valence-corrected chi connectivity index (χ1v) is 11.3. The van der Waals surface area contributed by atoms with Crippen LogP contribution in [0.5, 0.6) is 5.75 Å². The Labute approximate surface area is 198 Å². The van der Waals surface area contributed by atoms with Crippen LogP contribution in [0.25, 0.3) is 22.2 Å². The maximum atomic E-state index is 13.2. The Balaban J connectivity index is 1.77. The van der Waals surface area contributed by atoms with Crippen molar-refractivity contribution < 1.29 is 30.7 Å². The van der Waals surface area contributed by atoms with Gasteiger partial charge in [0.05, 0.1) is 21.7 Å². The monoisotopic (exact) mass is 529 g/mol. The molecule has 1 aromatic heterocycles. The van der Waals surface area contributed by atoms with E-state index in [0.29, 0.717) is 23.3 Å². The van der Waals surface area contributed by atoms with Gasteiger partial charge in [0.2, 0.25) is 0 Å². The van der Waals surface area contributed by atoms with Crippen molar-refractivity contribution in [3.63, 3.8) is 0 Å². The van der Waals surface area contributed by atoms with Gasteiger partial charge in [0.15, 0.2) is 5.75 Å². The standard InChI is InChI=1S/C21H12ClF4N3O5S/c22-14-7-12(5-6-13(14)10-1-3-11(23)4-2-10)29-35(32,33)18-9-16-15(27-19(30)20(31)28-16)8-17(18)34-21(24,25)26/h1-9,29H,(H,27,30)(H,28,31). The molecular formula is C21H12ClF4N3O5S. The van der Waals surface area contributed by atoms with Crippen LogP contribution in [0.4, 0.5) is 23.2 Å². The molecule has 8 nitrogen and oxygen atoms in total. The van der Waals surface area contributed by atoms with E-state index in [1.807, 2.05) is 4.98 Å². The largest absolute Gasteiger partial charge is 0.573 e. The van der Waals surface area contributed by atoms with Gasteiger partial charge < -0.3 is 14.7 Å². The number of ether oxygens (including phenoxy) is 1. The van der Waals surface area contributed by atoms with Crippen LogP contribution >= 0.6 is 11.6 Å². The average Bonchev–Trinajstić information content (AvgIpc) is 2.74. The number of alkyl halides is 3. The molecule has 4 rings (SSSR count). The Morgan fingerprint density at radius 2 is 1.49 bits per heavy atom. The number of hydrogen-bond acceptors (Lipinski definition) is 5. The third-order valence-electron chi connectivity index (χ3n) is 4.68. The van der Waals surface area contributed by atoms with Gasteiger partial charge in [0.1, 0.15) is 10.7 Å². The van der Waals surface area contributed by atoms with Crippen molar-refractivity contribution in [1.82, 2.24) is 9.97 Å². The van der Waals surface area contributed by atoms with Crippen molar-refractivity contribution >= 4 is 38.3 Å². The summed E-state index contributed by atoms with van der Waals surface area (Å²) in [4.78, 5) is 26.3. The molecule has 0 fully saturated rings. The van der Waals surface area contributed by atoms with E-state index in [1.54, 1.807) is 0 Å². The molecule has 0 atom stereocenters. The van der Waals surface area contributed by atoms with Gasteiger partial charge in [-0.25, -0.2) is 12.8 Å². The lowest BCUT2D eigenvalue weighted by Gasteiger charge is -2.16. The number of nitrogens with one attached hydrogen (secondary N) is 3. The number of H-pyrrole nitrogens is 2. The lowest BCUT2D eigenvalue weighted by atomic mass is 10.1. The molecule has 0 unspecified atom stereocenters. The third kappa shape index (κ3) is 5.30. The molecule has 0 amide bonds. The summed E-state index contributed by atoms with van der Waals surface area (Å²) in [5.41, 5.74) is -1.95. The Hall–Kier alpha value is -3.84. The van der Waals surface area contributed by atoms with E-state index in [2.05, 4.69) is 14.4 Å². The van der Waals surface area contributed by atoms with Crippen LogP contribution in [-0.2, 0) is 10.0 Å². The quantitative estimate of drug-likeness (QED) is 0.262. The second-order valence-electron chi connectivity index (χ2n) is 7.11. The summed E-state index contributed by atoms with van der Waals surface area (Å²) >= 11 is 6.23. The van der Waals surface area contributed by atoms with Crippen LogP contribution in [-0.4, -0.2) is 24.7 Å². The zero-order chi connectivity index (χ0) is 25.5. The van der Waals surface area contributed by atoms with Crippen molar-refractivity contribution in [2.45, 2.75) is 11.3 Å². The maximum Gasteiger partial charge on any atom is 0.573 e. The Morgan fingerprint density at radius 3 is 2.06 bits per heavy atom. The number of halogens is 5. The van der Waals surface area contributed by atoms with Crippen molar-refractivity contribution in [2.75, 3.05) is 4.72 Å². The lowest BCUT2D eigenvalue weighted by Crippen LogP contribution is -2.29. The van der Waals surface area contributed by atoms with Gasteiger partial charge >= 0.3 is 17.5 Å². The fourth-order valence-electron chi connectivity index (χ4n) is 3.19. The molecule has 35 heavy (non-hydrogen) atoms. The Bertz CT molecular complexity index is 1670. The van der Waals surface area contributed by atoms with E-state index in [9.17, 15) is 35.6 Å². The Kier molecular flexibility index (Phi) is 6.07. The van der Waals surface area contributed by atoms with Crippen molar-refractivity contribution in [3.05, 3.63) is 86.1 Å². The number of aromatic amines is 2. The van der Waals surface area contributed by atoms with Gasteiger partial charge in [-0.05, 0) is 35.9 Å². The predicted molar refractivity (Wildman–Crippen MR) is 120 cm³/mol. The first-order valence-electron chi connectivity index (χ1n) is 9.47. The highest BCUT2D eigenvalue weighted by atomic mass is 35.5. The molecular weight excluding hydrogens is 518 g/mol. The molecule has 0 saturated heterocycles. The summed E-state index contributed by atoms with van der Waals surface area (Å²) < 4.78 is 84.0. The third-order valence-corrected chi connectivity index (χ3v) is 6.39. The van der Waals surface area contributed by atoms with Gasteiger partial charge in [-0.15, -0.1) is 13.2 Å². The molecule has 3 N–H and O–H groups in total. The minimum Gasteiger partial charge on any atom is -0.404 e. The number of rotatable bonds is 5. The zero-order valence-electron chi connectivity index (χ0n) is 17.0. The van der Waals surface area contributed by atoms with E-state index >= 15 is 0 Å². The number of fused-ring (bicyclic) bond motifs is 1. The van der Waals surface area contributed by atoms with Crippen LogP contribution in [0.2, 0.25) is 5.02 Å². The van der Waals surface area contributed by atoms with Crippen LogP contribution in [0.1, 0.15) is 0 Å². The molecule has 0 saturated carbocycles. The molecule has 0 spiro atoms. The molecule has 1 heterocycles. The molecule has 0 radical (unpaired) electrons. The normalized spacial score (nSPS) is 12.0. The molecule has 0 aliphatic rings. The highest BCUT2D eigenvalue weighted by Crippen LogP contribution is 2.35. The van der Waals surface area contributed by atoms with E-state index < -0.39 is 44.0 Å². The number of benzene rings is 3. The number of sulfonamides is 1. The van der Waals surface area contributed by atoms with E-state index in [1.165, 1.54) is 42.5 Å². The van der Waals surface area contributed by atoms with Crippen LogP contribution in [0, 0.1) is 5.82 Å². The van der Waals surface area contributed by atoms with Gasteiger partial charge in [-0.1, -0.05) is 29.8 Å². The fourth-order valence-corrected chi connectivity index (χ4v) is 4.67. The first kappa shape index (κ1) is 24.3. The van der Waals surface area contributed by atoms with E-state index in [-0.39, 0.29) is 21.7 Å². The van der Waals surface area contributed by atoms with E-state index in [4.69, 9.17) is 11.6 Å². The highest BCUT2D eigenvalue weighted by molar-refractivity contribution is 7.92. The van der Waals surface area contributed by atoms with E-state index in [0.717, 1.165) is 0 Å². The lowest BCUT2D eigenvalue weighted by molar-refractivity contribution is -0.275. The van der Waals surface area contributed by atoms with Gasteiger partial charge in [-0.3, -0.25) is 14.3 Å². The SMILES string of the molecule is O=c1[nH]c2cc(OC(F)(F)F)c(S(=O)(=O)Nc3ccc(-c4ccc(F)cc4)c(Cl)c3)cc2[nH]c1=O. The summed E-state index contributed by atoms with van der Waals surface area (Å²) in [6, 6.07) is 10.6. The van der Waals surface area contributed by atoms with Gasteiger partial charge in [-0.2, -0.15) is 0 Å². The molecule has 14 heteroatoms. The van der Waals surface area contributed by atoms with Crippen LogP contribution in [0.15, 0.2) is 69.1 Å². The first-order chi connectivity index (χ1) is 16.3. The molecule has 0 bridgehead atoms. The van der Waals surface area contributed by atoms with Gasteiger partial charge in [0.25, 0.3) is 10.0 Å². The van der Waals surface area contributed by atoms with Crippen LogP contribution < -0.4 is 20.6 Å². The summed E-state index contributed by atoms with van der Waals surface area (Å²) in [5.74, 6) is -1.61. The molecule has 4 aromatic rings. The van der Waals surface area contributed by atoms with Crippen molar-refractivity contribution in [2.24, 2.45) is 0 Å². The fraction of sp³-hybridized carbons (Fsp3) is 0.0476. The summed E-state index contributed by atoms with van der Waals surface area (Å²) in [7, 11) is -4.73. The summed E-state index contributed by atoms with van der Waals surface area (Å²) in [6.45, 7) is 0. The predicted octanol–water partition coefficient (Wildman–Crippen LogP) is 4.38. The summed E-state index contributed by atoms with van der Waals surface area (Å²) in [5, 5.41) is 0.0731. The number of anilines is 1. The minimum absolute atomic E-state index is 0.0731. The molecule has 182 valence electrons. The molecule has 0 aliphatic carbocycles. The van der Waals surface area contributed by atoms with Gasteiger partial charge in [0, 0.05) is 11.6 Å². The zero-order valence-corrected chi connectivity index (χ0v) is 18.6. The second kappa shape index (κ2) is 8.74. The average molecular weight is 530 g/mol. The number of hydrogen-bond donors (Lipinski definition) is 3. The number of aromatic nitrogens is 2. The van der Waals surface area contributed by atoms with Crippen molar-refractivity contribution in [1.29, 1.82) is 0 Å². The minimum atomic E-state index is -5.26. The smallest absolute Gasteiger partial charge is 0.404 e. The topological polar surface area (TPSA) is 121 Å². The van der Waals surface area contributed by atoms with Crippen LogP contribution in [0.3, 0.4) is 0 Å².